The van der Waals surface area contributed by atoms with Crippen molar-refractivity contribution in [3.8, 4) is 0 Å². The van der Waals surface area contributed by atoms with Gasteiger partial charge in [-0.05, 0) is 36.2 Å². The van der Waals surface area contributed by atoms with E-state index in [9.17, 15) is 0 Å². The zero-order chi connectivity index (χ0) is 14.4. The summed E-state index contributed by atoms with van der Waals surface area (Å²) in [6.07, 6.45) is 0. The molecule has 0 aliphatic heterocycles. The minimum Gasteiger partial charge on any atom is -0.383 e. The van der Waals surface area contributed by atoms with Crippen molar-refractivity contribution in [1.29, 1.82) is 0 Å². The molecule has 0 aliphatic rings. The number of hydrogen-bond acceptors (Lipinski definition) is 6. The van der Waals surface area contributed by atoms with E-state index in [0.29, 0.717) is 13.2 Å². The highest BCUT2D eigenvalue weighted by Gasteiger charge is 2.10. The second-order valence-electron chi connectivity index (χ2n) is 4.10. The third kappa shape index (κ3) is 4.43. The van der Waals surface area contributed by atoms with Crippen molar-refractivity contribution in [2.45, 2.75) is 22.7 Å². The van der Waals surface area contributed by atoms with Gasteiger partial charge in [0.15, 0.2) is 4.34 Å². The van der Waals surface area contributed by atoms with Crippen LogP contribution >= 0.6 is 34.9 Å². The number of nitrogens with zero attached hydrogens (tertiary/aromatic N) is 2. The normalized spacial score (nSPS) is 10.9. The molecular weight excluding hydrogens is 314 g/mol. The number of nitrogens with one attached hydrogen (secondary N) is 1. The molecular formula is C13H16ClN3OS2. The van der Waals surface area contributed by atoms with Gasteiger partial charge in [0.1, 0.15) is 5.82 Å². The number of aryl methyl sites for hydroxylation is 1. The van der Waals surface area contributed by atoms with E-state index in [0.717, 1.165) is 32.2 Å². The molecule has 20 heavy (non-hydrogen) atoms. The first kappa shape index (κ1) is 15.7. The molecule has 1 N–H and O–H groups in total. The van der Waals surface area contributed by atoms with Crippen molar-refractivity contribution >= 4 is 34.9 Å². The first-order valence-corrected chi connectivity index (χ1v) is 8.12. The maximum Gasteiger partial charge on any atom is 0.174 e. The Labute approximate surface area is 132 Å². The topological polar surface area (TPSA) is 47.0 Å². The third-order valence-corrected chi connectivity index (χ3v) is 4.87. The molecule has 0 saturated heterocycles. The molecule has 0 spiro atoms. The van der Waals surface area contributed by atoms with Gasteiger partial charge in [-0.1, -0.05) is 29.4 Å². The summed E-state index contributed by atoms with van der Waals surface area (Å²) in [7, 11) is 1.69. The van der Waals surface area contributed by atoms with Crippen LogP contribution in [0, 0.1) is 6.92 Å². The van der Waals surface area contributed by atoms with Gasteiger partial charge in [-0.3, -0.25) is 0 Å². The summed E-state index contributed by atoms with van der Waals surface area (Å²) in [6, 6.07) is 5.92. The lowest BCUT2D eigenvalue weighted by atomic mass is 10.2. The standard InChI is InChI=1S/C13H16ClN3OS2/c1-9-16-13(20-17-9)19-12-5-3-4-11(14)10(12)8-15-6-7-18-2/h3-5,15H,6-8H2,1-2H3. The zero-order valence-electron chi connectivity index (χ0n) is 11.4. The Morgan fingerprint density at radius 3 is 3.00 bits per heavy atom. The van der Waals surface area contributed by atoms with Gasteiger partial charge in [-0.15, -0.1) is 0 Å². The summed E-state index contributed by atoms with van der Waals surface area (Å²) in [6.45, 7) is 4.08. The van der Waals surface area contributed by atoms with E-state index in [1.165, 1.54) is 11.5 Å². The number of hydrogen-bond donors (Lipinski definition) is 1. The summed E-state index contributed by atoms with van der Waals surface area (Å²) >= 11 is 9.31. The fraction of sp³-hybridized carbons (Fsp3) is 0.385. The van der Waals surface area contributed by atoms with Crippen molar-refractivity contribution in [3.05, 3.63) is 34.6 Å². The van der Waals surface area contributed by atoms with Crippen LogP contribution in [0.1, 0.15) is 11.4 Å². The van der Waals surface area contributed by atoms with Crippen LogP contribution in [0.4, 0.5) is 0 Å². The lowest BCUT2D eigenvalue weighted by Gasteiger charge is -2.11. The molecule has 2 rings (SSSR count). The van der Waals surface area contributed by atoms with Crippen LogP contribution in [0.15, 0.2) is 27.4 Å². The predicted molar refractivity (Wildman–Crippen MR) is 83.8 cm³/mol. The minimum absolute atomic E-state index is 0.683. The van der Waals surface area contributed by atoms with E-state index < -0.39 is 0 Å². The van der Waals surface area contributed by atoms with Crippen LogP contribution in [0.25, 0.3) is 0 Å². The van der Waals surface area contributed by atoms with Crippen LogP contribution in [0.5, 0.6) is 0 Å². The number of methoxy groups -OCH3 is 1. The van der Waals surface area contributed by atoms with Crippen molar-refractivity contribution in [3.63, 3.8) is 0 Å². The Bertz CT molecular complexity index is 562. The lowest BCUT2D eigenvalue weighted by molar-refractivity contribution is 0.199. The van der Waals surface area contributed by atoms with E-state index in [-0.39, 0.29) is 0 Å². The molecule has 0 bridgehead atoms. The van der Waals surface area contributed by atoms with Crippen molar-refractivity contribution < 1.29 is 4.74 Å². The fourth-order valence-corrected chi connectivity index (χ4v) is 3.68. The third-order valence-electron chi connectivity index (χ3n) is 2.57. The molecule has 0 atom stereocenters. The second-order valence-corrected chi connectivity index (χ2v) is 6.54. The maximum atomic E-state index is 6.30. The molecule has 0 unspecified atom stereocenters. The van der Waals surface area contributed by atoms with Gasteiger partial charge in [0.2, 0.25) is 0 Å². The molecule has 0 amide bonds. The number of ether oxygens (including phenoxy) is 1. The highest BCUT2D eigenvalue weighted by molar-refractivity contribution is 8.01. The van der Waals surface area contributed by atoms with E-state index >= 15 is 0 Å². The van der Waals surface area contributed by atoms with Crippen LogP contribution < -0.4 is 5.32 Å². The van der Waals surface area contributed by atoms with Crippen LogP contribution in [-0.4, -0.2) is 29.6 Å². The molecule has 0 fully saturated rings. The Morgan fingerprint density at radius 1 is 1.45 bits per heavy atom. The molecule has 0 saturated carbocycles. The van der Waals surface area contributed by atoms with Crippen LogP contribution in [-0.2, 0) is 11.3 Å². The molecule has 7 heteroatoms. The summed E-state index contributed by atoms with van der Waals surface area (Å²) in [4.78, 5) is 5.48. The average molecular weight is 330 g/mol. The average Bonchev–Trinajstić information content (AvgIpc) is 2.83. The molecule has 108 valence electrons. The summed E-state index contributed by atoms with van der Waals surface area (Å²) in [5, 5.41) is 4.08. The van der Waals surface area contributed by atoms with Gasteiger partial charge >= 0.3 is 0 Å². The molecule has 0 aliphatic carbocycles. The summed E-state index contributed by atoms with van der Waals surface area (Å²) in [5.41, 5.74) is 1.09. The number of rotatable bonds is 7. The van der Waals surface area contributed by atoms with Gasteiger partial charge in [0.05, 0.1) is 6.61 Å². The number of aromatic nitrogens is 2. The quantitative estimate of drug-likeness (QED) is 0.789. The molecule has 1 aromatic carbocycles. The van der Waals surface area contributed by atoms with E-state index in [4.69, 9.17) is 16.3 Å². The van der Waals surface area contributed by atoms with Crippen LogP contribution in [0.3, 0.4) is 0 Å². The first-order chi connectivity index (χ1) is 9.70. The Morgan fingerprint density at radius 2 is 2.30 bits per heavy atom. The highest BCUT2D eigenvalue weighted by atomic mass is 35.5. The zero-order valence-corrected chi connectivity index (χ0v) is 13.7. The highest BCUT2D eigenvalue weighted by Crippen LogP contribution is 2.34. The summed E-state index contributed by atoms with van der Waals surface area (Å²) < 4.78 is 10.2. The number of benzene rings is 1. The fourth-order valence-electron chi connectivity index (χ4n) is 1.61. The van der Waals surface area contributed by atoms with Gasteiger partial charge in [-0.25, -0.2) is 4.98 Å². The van der Waals surface area contributed by atoms with Gasteiger partial charge < -0.3 is 10.1 Å². The van der Waals surface area contributed by atoms with Crippen molar-refractivity contribution in [2.75, 3.05) is 20.3 Å². The predicted octanol–water partition coefficient (Wildman–Crippen LogP) is 3.39. The SMILES string of the molecule is COCCNCc1c(Cl)cccc1Sc1nc(C)ns1. The lowest BCUT2D eigenvalue weighted by Crippen LogP contribution is -2.19. The van der Waals surface area contributed by atoms with Crippen molar-refractivity contribution in [2.24, 2.45) is 0 Å². The van der Waals surface area contributed by atoms with E-state index in [2.05, 4.69) is 20.7 Å². The van der Waals surface area contributed by atoms with Crippen molar-refractivity contribution in [1.82, 2.24) is 14.7 Å². The van der Waals surface area contributed by atoms with E-state index in [1.807, 2.05) is 19.1 Å². The molecule has 1 heterocycles. The monoisotopic (exact) mass is 329 g/mol. The molecule has 1 aromatic heterocycles. The van der Waals surface area contributed by atoms with Crippen LogP contribution in [0.2, 0.25) is 5.02 Å². The van der Waals surface area contributed by atoms with Gasteiger partial charge in [0, 0.05) is 30.1 Å². The molecule has 2 aromatic rings. The Hall–Kier alpha value is -0.660. The van der Waals surface area contributed by atoms with Gasteiger partial charge in [0.25, 0.3) is 0 Å². The Balaban J connectivity index is 2.09. The largest absolute Gasteiger partial charge is 0.383 e. The summed E-state index contributed by atoms with van der Waals surface area (Å²) in [5.74, 6) is 0.805. The van der Waals surface area contributed by atoms with Gasteiger partial charge in [-0.2, -0.15) is 4.37 Å². The molecule has 0 radical (unpaired) electrons. The first-order valence-electron chi connectivity index (χ1n) is 6.16. The molecule has 4 nitrogen and oxygen atoms in total. The maximum absolute atomic E-state index is 6.30. The Kier molecular flexibility index (Phi) is 6.25. The second kappa shape index (κ2) is 7.95. The van der Waals surface area contributed by atoms with E-state index in [1.54, 1.807) is 18.9 Å². The minimum atomic E-state index is 0.683. The smallest absolute Gasteiger partial charge is 0.174 e. The number of halogens is 1.